The van der Waals surface area contributed by atoms with E-state index in [2.05, 4.69) is 65.7 Å². The number of piperidine rings is 1. The summed E-state index contributed by atoms with van der Waals surface area (Å²) in [4.78, 5) is 14.9. The molecule has 0 saturated carbocycles. The van der Waals surface area contributed by atoms with Crippen LogP contribution < -0.4 is 5.32 Å². The molecule has 4 aliphatic rings. The molecule has 4 heterocycles. The second-order valence-electron chi connectivity index (χ2n) is 8.47. The van der Waals surface area contributed by atoms with Crippen molar-refractivity contribution in [3.8, 4) is 11.1 Å². The minimum absolute atomic E-state index is 0.165. The van der Waals surface area contributed by atoms with Crippen LogP contribution in [0.3, 0.4) is 0 Å². The fraction of sp³-hybridized carbons (Fsp3) is 0.458. The molecule has 4 saturated heterocycles. The Labute approximate surface area is 166 Å². The van der Waals surface area contributed by atoms with Crippen molar-refractivity contribution < 1.29 is 9.53 Å². The topological polar surface area (TPSA) is 41.6 Å². The number of rotatable bonds is 3. The Hall–Kier alpha value is -2.17. The molecule has 2 aromatic carbocycles. The number of fused-ring (bicyclic) bond motifs is 2. The van der Waals surface area contributed by atoms with Gasteiger partial charge in [0, 0.05) is 50.2 Å². The van der Waals surface area contributed by atoms with E-state index in [1.807, 2.05) is 0 Å². The third-order valence-electron chi connectivity index (χ3n) is 6.76. The zero-order valence-corrected chi connectivity index (χ0v) is 16.4. The van der Waals surface area contributed by atoms with Gasteiger partial charge in [0.2, 0.25) is 5.91 Å². The number of nitrogens with one attached hydrogen (secondary N) is 1. The minimum Gasteiger partial charge on any atom is -0.381 e. The molecule has 1 amide bonds. The predicted molar refractivity (Wildman–Crippen MR) is 110 cm³/mol. The maximum atomic E-state index is 12.8. The molecule has 4 aliphatic heterocycles. The van der Waals surface area contributed by atoms with Gasteiger partial charge in [0.1, 0.15) is 0 Å². The molecule has 1 N–H and O–H groups in total. The molecule has 0 aromatic heterocycles. The zero-order valence-electron chi connectivity index (χ0n) is 16.4. The van der Waals surface area contributed by atoms with Crippen molar-refractivity contribution >= 4 is 5.91 Å². The Balaban J connectivity index is 1.27. The van der Waals surface area contributed by atoms with Crippen LogP contribution in [0.25, 0.3) is 11.1 Å². The third-order valence-corrected chi connectivity index (χ3v) is 6.76. The molecule has 28 heavy (non-hydrogen) atoms. The van der Waals surface area contributed by atoms with Gasteiger partial charge >= 0.3 is 0 Å². The lowest BCUT2D eigenvalue weighted by molar-refractivity contribution is -0.143. The van der Waals surface area contributed by atoms with Gasteiger partial charge in [0.15, 0.2) is 0 Å². The van der Waals surface area contributed by atoms with Crippen LogP contribution in [0, 0.1) is 12.8 Å². The second-order valence-corrected chi connectivity index (χ2v) is 8.47. The molecule has 4 heteroatoms. The number of carbonyl (C=O) groups excluding carboxylic acids is 1. The van der Waals surface area contributed by atoms with Crippen molar-refractivity contribution in [3.63, 3.8) is 0 Å². The first kappa shape index (κ1) is 17.9. The lowest BCUT2D eigenvalue weighted by Crippen LogP contribution is -2.72. The van der Waals surface area contributed by atoms with Crippen LogP contribution in [0.5, 0.6) is 0 Å². The first-order chi connectivity index (χ1) is 13.7. The fourth-order valence-electron chi connectivity index (χ4n) is 5.16. The maximum Gasteiger partial charge on any atom is 0.225 e. The van der Waals surface area contributed by atoms with E-state index in [0.29, 0.717) is 23.9 Å². The van der Waals surface area contributed by atoms with E-state index in [-0.39, 0.29) is 5.92 Å². The summed E-state index contributed by atoms with van der Waals surface area (Å²) in [5.41, 5.74) is 5.27. The summed E-state index contributed by atoms with van der Waals surface area (Å²) >= 11 is 0. The van der Waals surface area contributed by atoms with Gasteiger partial charge in [0.05, 0.1) is 0 Å². The van der Waals surface area contributed by atoms with Crippen LogP contribution in [-0.4, -0.2) is 49.2 Å². The Morgan fingerprint density at radius 3 is 2.36 bits per heavy atom. The van der Waals surface area contributed by atoms with Crippen molar-refractivity contribution in [3.05, 3.63) is 59.7 Å². The summed E-state index contributed by atoms with van der Waals surface area (Å²) in [7, 11) is 0. The predicted octanol–water partition coefficient (Wildman–Crippen LogP) is 3.35. The molecule has 4 fully saturated rings. The van der Waals surface area contributed by atoms with Crippen LogP contribution in [0.4, 0.5) is 0 Å². The van der Waals surface area contributed by atoms with Crippen molar-refractivity contribution in [2.24, 2.45) is 5.92 Å². The van der Waals surface area contributed by atoms with Gasteiger partial charge < -0.3 is 15.0 Å². The standard InChI is InChI=1S/C24H28N2O2/c1-16-4-2-3-5-20(16)17-6-8-18(9-7-17)23-21-14-26(15-22(23)25-21)24(27)19-10-12-28-13-11-19/h2-9,19,21-23,25H,10-15H2,1H3/t21-,22+,23?. The fourth-order valence-corrected chi connectivity index (χ4v) is 5.16. The van der Waals surface area contributed by atoms with Crippen LogP contribution in [-0.2, 0) is 9.53 Å². The molecule has 0 spiro atoms. The molecular formula is C24H28N2O2. The summed E-state index contributed by atoms with van der Waals surface area (Å²) in [6.45, 7) is 5.28. The van der Waals surface area contributed by atoms with Gasteiger partial charge in [-0.25, -0.2) is 0 Å². The Morgan fingerprint density at radius 1 is 1.00 bits per heavy atom. The molecule has 6 rings (SSSR count). The molecule has 146 valence electrons. The number of nitrogens with zero attached hydrogens (tertiary/aromatic N) is 1. The average molecular weight is 377 g/mol. The van der Waals surface area contributed by atoms with Gasteiger partial charge in [-0.15, -0.1) is 0 Å². The molecule has 2 bridgehead atoms. The van der Waals surface area contributed by atoms with Crippen LogP contribution >= 0.6 is 0 Å². The molecule has 4 nitrogen and oxygen atoms in total. The van der Waals surface area contributed by atoms with Crippen LogP contribution in [0.15, 0.2) is 48.5 Å². The Bertz CT molecular complexity index is 845. The zero-order chi connectivity index (χ0) is 19.1. The average Bonchev–Trinajstić information content (AvgIpc) is 2.75. The molecule has 3 atom stereocenters. The van der Waals surface area contributed by atoms with Gasteiger partial charge in [-0.2, -0.15) is 0 Å². The van der Waals surface area contributed by atoms with Crippen molar-refractivity contribution in [1.29, 1.82) is 0 Å². The van der Waals surface area contributed by atoms with E-state index in [9.17, 15) is 4.79 Å². The van der Waals surface area contributed by atoms with Crippen LogP contribution in [0.2, 0.25) is 0 Å². The molecule has 0 aliphatic carbocycles. The van der Waals surface area contributed by atoms with Gasteiger partial charge in [-0.1, -0.05) is 48.5 Å². The van der Waals surface area contributed by atoms with Crippen molar-refractivity contribution in [1.82, 2.24) is 10.2 Å². The molecule has 0 radical (unpaired) electrons. The molecule has 2 aromatic rings. The second kappa shape index (κ2) is 7.34. The lowest BCUT2D eigenvalue weighted by atomic mass is 9.73. The third kappa shape index (κ3) is 3.15. The number of carbonyl (C=O) groups is 1. The highest BCUT2D eigenvalue weighted by molar-refractivity contribution is 5.79. The number of piperazine rings is 1. The number of aryl methyl sites for hydroxylation is 1. The lowest BCUT2D eigenvalue weighted by Gasteiger charge is -2.55. The van der Waals surface area contributed by atoms with Gasteiger partial charge in [0.25, 0.3) is 0 Å². The van der Waals surface area contributed by atoms with E-state index in [1.54, 1.807) is 0 Å². The number of hydrogen-bond acceptors (Lipinski definition) is 3. The summed E-state index contributed by atoms with van der Waals surface area (Å²) in [6.07, 6.45) is 1.75. The molecule has 1 unspecified atom stereocenters. The van der Waals surface area contributed by atoms with Crippen LogP contribution in [0.1, 0.15) is 29.9 Å². The molecular weight excluding hydrogens is 348 g/mol. The SMILES string of the molecule is Cc1ccccc1-c1ccc(C2[C@@H]3CN(C(=O)C4CCOCC4)C[C@H]2N3)cc1. The number of ether oxygens (including phenoxy) is 1. The summed E-state index contributed by atoms with van der Waals surface area (Å²) < 4.78 is 5.41. The highest BCUT2D eigenvalue weighted by Crippen LogP contribution is 2.38. The Morgan fingerprint density at radius 2 is 1.68 bits per heavy atom. The minimum atomic E-state index is 0.165. The Kier molecular flexibility index (Phi) is 4.69. The van der Waals surface area contributed by atoms with E-state index in [0.717, 1.165) is 39.1 Å². The van der Waals surface area contributed by atoms with Crippen molar-refractivity contribution in [2.75, 3.05) is 26.3 Å². The highest BCUT2D eigenvalue weighted by atomic mass is 16.5. The van der Waals surface area contributed by atoms with E-state index < -0.39 is 0 Å². The number of hydrogen-bond donors (Lipinski definition) is 1. The van der Waals surface area contributed by atoms with E-state index in [4.69, 9.17) is 4.74 Å². The summed E-state index contributed by atoms with van der Waals surface area (Å²) in [6, 6.07) is 18.3. The monoisotopic (exact) mass is 376 g/mol. The highest BCUT2D eigenvalue weighted by Gasteiger charge is 2.48. The first-order valence-electron chi connectivity index (χ1n) is 10.5. The number of amides is 1. The summed E-state index contributed by atoms with van der Waals surface area (Å²) in [5.74, 6) is 1.02. The van der Waals surface area contributed by atoms with E-state index in [1.165, 1.54) is 22.3 Å². The first-order valence-corrected chi connectivity index (χ1v) is 10.5. The maximum absolute atomic E-state index is 12.8. The smallest absolute Gasteiger partial charge is 0.225 e. The largest absolute Gasteiger partial charge is 0.381 e. The van der Waals surface area contributed by atoms with Gasteiger partial charge in [-0.3, -0.25) is 4.79 Å². The summed E-state index contributed by atoms with van der Waals surface area (Å²) in [5, 5.41) is 3.65. The number of benzene rings is 2. The normalized spacial score (nSPS) is 27.3. The van der Waals surface area contributed by atoms with Crippen molar-refractivity contribution in [2.45, 2.75) is 37.8 Å². The van der Waals surface area contributed by atoms with E-state index >= 15 is 0 Å². The quantitative estimate of drug-likeness (QED) is 0.893. The van der Waals surface area contributed by atoms with Gasteiger partial charge in [-0.05, 0) is 42.0 Å².